The summed E-state index contributed by atoms with van der Waals surface area (Å²) in [6, 6.07) is 0.354. The van der Waals surface area contributed by atoms with Crippen molar-refractivity contribution in [1.82, 2.24) is 14.9 Å². The lowest BCUT2D eigenvalue weighted by Gasteiger charge is -2.33. The molecule has 4 nitrogen and oxygen atoms in total. The summed E-state index contributed by atoms with van der Waals surface area (Å²) in [7, 11) is 0. The molecule has 0 saturated carbocycles. The van der Waals surface area contributed by atoms with Crippen LogP contribution in [0.25, 0.3) is 0 Å². The smallest absolute Gasteiger partial charge is 0.149 e. The van der Waals surface area contributed by atoms with Crippen molar-refractivity contribution in [3.63, 3.8) is 0 Å². The van der Waals surface area contributed by atoms with Gasteiger partial charge in [0.25, 0.3) is 0 Å². The van der Waals surface area contributed by atoms with Crippen LogP contribution in [0.4, 0.5) is 5.82 Å². The lowest BCUT2D eigenvalue weighted by Crippen LogP contribution is -2.43. The van der Waals surface area contributed by atoms with Crippen LogP contribution in [0.5, 0.6) is 0 Å². The van der Waals surface area contributed by atoms with Crippen molar-refractivity contribution in [2.24, 2.45) is 5.92 Å². The minimum Gasteiger partial charge on any atom is -0.367 e. The Bertz CT molecular complexity index is 424. The molecule has 110 valence electrons. The third-order valence-electron chi connectivity index (χ3n) is 3.06. The number of rotatable bonds is 9. The number of anilines is 1. The van der Waals surface area contributed by atoms with Crippen molar-refractivity contribution < 1.29 is 0 Å². The topological polar surface area (TPSA) is 41.0 Å². The van der Waals surface area contributed by atoms with Gasteiger partial charge in [-0.25, -0.2) is 4.98 Å². The Hall–Kier alpha value is -1.39. The molecule has 0 aliphatic carbocycles. The number of aromatic nitrogens is 2. The fourth-order valence-corrected chi connectivity index (χ4v) is 2.25. The van der Waals surface area contributed by atoms with Crippen molar-refractivity contribution in [2.45, 2.75) is 19.9 Å². The fourth-order valence-electron chi connectivity index (χ4n) is 2.10. The molecular formula is C15H23ClN4. The Morgan fingerprint density at radius 1 is 1.30 bits per heavy atom. The molecule has 0 bridgehead atoms. The molecule has 0 amide bonds. The molecule has 1 aromatic heterocycles. The van der Waals surface area contributed by atoms with Crippen molar-refractivity contribution in [2.75, 3.05) is 25.0 Å². The molecule has 0 radical (unpaired) electrons. The molecule has 1 aromatic rings. The zero-order valence-electron chi connectivity index (χ0n) is 12.2. The highest BCUT2D eigenvalue weighted by atomic mass is 35.5. The summed E-state index contributed by atoms with van der Waals surface area (Å²) in [5, 5.41) is 3.69. The molecule has 0 aliphatic rings. The van der Waals surface area contributed by atoms with Gasteiger partial charge in [-0.15, -0.1) is 13.2 Å². The molecule has 20 heavy (non-hydrogen) atoms. The predicted octanol–water partition coefficient (Wildman–Crippen LogP) is 3.24. The van der Waals surface area contributed by atoms with Gasteiger partial charge in [0.1, 0.15) is 11.0 Å². The standard InChI is InChI=1S/C15H23ClN4/c1-5-7-20(8-6-2)13(12(3)4)9-18-15-11-17-10-14(16)19-15/h5-6,10-13H,1-2,7-9H2,3-4H3,(H,18,19). The third-order valence-corrected chi connectivity index (χ3v) is 3.25. The van der Waals surface area contributed by atoms with Gasteiger partial charge in [-0.05, 0) is 5.92 Å². The van der Waals surface area contributed by atoms with E-state index in [2.05, 4.69) is 47.2 Å². The highest BCUT2D eigenvalue weighted by Gasteiger charge is 2.20. The minimum absolute atomic E-state index is 0.354. The molecule has 1 rings (SSSR count). The Morgan fingerprint density at radius 3 is 2.45 bits per heavy atom. The van der Waals surface area contributed by atoms with Gasteiger partial charge in [-0.2, -0.15) is 0 Å². The van der Waals surface area contributed by atoms with E-state index in [1.54, 1.807) is 6.20 Å². The van der Waals surface area contributed by atoms with Gasteiger partial charge in [0.2, 0.25) is 0 Å². The van der Waals surface area contributed by atoms with E-state index in [0.29, 0.717) is 22.9 Å². The van der Waals surface area contributed by atoms with Gasteiger partial charge < -0.3 is 5.32 Å². The van der Waals surface area contributed by atoms with E-state index in [9.17, 15) is 0 Å². The maximum absolute atomic E-state index is 5.83. The normalized spacial score (nSPS) is 12.4. The molecule has 0 saturated heterocycles. The number of hydrogen-bond acceptors (Lipinski definition) is 4. The molecule has 1 N–H and O–H groups in total. The van der Waals surface area contributed by atoms with Crippen molar-refractivity contribution in [3.8, 4) is 0 Å². The van der Waals surface area contributed by atoms with Crippen LogP contribution < -0.4 is 5.32 Å². The molecule has 5 heteroatoms. The van der Waals surface area contributed by atoms with Crippen LogP contribution in [0.1, 0.15) is 13.8 Å². The Kier molecular flexibility index (Phi) is 7.26. The predicted molar refractivity (Wildman–Crippen MR) is 86.1 cm³/mol. The molecule has 0 fully saturated rings. The number of nitrogens with zero attached hydrogens (tertiary/aromatic N) is 3. The van der Waals surface area contributed by atoms with Crippen LogP contribution in [0.2, 0.25) is 5.15 Å². The van der Waals surface area contributed by atoms with Gasteiger partial charge in [-0.3, -0.25) is 9.88 Å². The SMILES string of the molecule is C=CCN(CC=C)C(CNc1cncc(Cl)n1)C(C)C. The lowest BCUT2D eigenvalue weighted by atomic mass is 10.0. The van der Waals surface area contributed by atoms with E-state index in [-0.39, 0.29) is 0 Å². The van der Waals surface area contributed by atoms with Crippen molar-refractivity contribution in [3.05, 3.63) is 42.9 Å². The summed E-state index contributed by atoms with van der Waals surface area (Å²) in [6.45, 7) is 14.5. The third kappa shape index (κ3) is 5.31. The van der Waals surface area contributed by atoms with Gasteiger partial charge in [0.05, 0.1) is 12.4 Å². The number of halogens is 1. The second-order valence-electron chi connectivity index (χ2n) is 4.95. The highest BCUT2D eigenvalue weighted by Crippen LogP contribution is 2.13. The van der Waals surface area contributed by atoms with E-state index < -0.39 is 0 Å². The van der Waals surface area contributed by atoms with Crippen molar-refractivity contribution in [1.29, 1.82) is 0 Å². The molecule has 1 heterocycles. The minimum atomic E-state index is 0.354. The van der Waals surface area contributed by atoms with E-state index in [1.807, 2.05) is 12.2 Å². The largest absolute Gasteiger partial charge is 0.367 e. The first-order valence-corrected chi connectivity index (χ1v) is 7.13. The zero-order valence-corrected chi connectivity index (χ0v) is 13.0. The molecule has 1 unspecified atom stereocenters. The number of nitrogens with one attached hydrogen (secondary N) is 1. The van der Waals surface area contributed by atoms with Gasteiger partial charge >= 0.3 is 0 Å². The Balaban J connectivity index is 2.70. The lowest BCUT2D eigenvalue weighted by molar-refractivity contribution is 0.199. The summed E-state index contributed by atoms with van der Waals surface area (Å²) >= 11 is 5.83. The van der Waals surface area contributed by atoms with Gasteiger partial charge in [-0.1, -0.05) is 37.6 Å². The molecule has 0 aliphatic heterocycles. The maximum atomic E-state index is 5.83. The Morgan fingerprint density at radius 2 is 1.95 bits per heavy atom. The quantitative estimate of drug-likeness (QED) is 0.710. The van der Waals surface area contributed by atoms with Crippen LogP contribution in [0.15, 0.2) is 37.7 Å². The fraction of sp³-hybridized carbons (Fsp3) is 0.467. The van der Waals surface area contributed by atoms with E-state index in [0.717, 1.165) is 19.6 Å². The monoisotopic (exact) mass is 294 g/mol. The zero-order chi connectivity index (χ0) is 15.0. The first kappa shape index (κ1) is 16.7. The average Bonchev–Trinajstić information content (AvgIpc) is 2.39. The average molecular weight is 295 g/mol. The summed E-state index contributed by atoms with van der Waals surface area (Å²) < 4.78 is 0. The highest BCUT2D eigenvalue weighted by molar-refractivity contribution is 6.29. The van der Waals surface area contributed by atoms with Gasteiger partial charge in [0.15, 0.2) is 0 Å². The van der Waals surface area contributed by atoms with Crippen LogP contribution in [0, 0.1) is 5.92 Å². The van der Waals surface area contributed by atoms with E-state index in [4.69, 9.17) is 11.6 Å². The van der Waals surface area contributed by atoms with E-state index >= 15 is 0 Å². The maximum Gasteiger partial charge on any atom is 0.149 e. The summed E-state index contributed by atoms with van der Waals surface area (Å²) in [6.07, 6.45) is 7.03. The van der Waals surface area contributed by atoms with Crippen molar-refractivity contribution >= 4 is 17.4 Å². The summed E-state index contributed by atoms with van der Waals surface area (Å²) in [5.41, 5.74) is 0. The van der Waals surface area contributed by atoms with Crippen LogP contribution in [0.3, 0.4) is 0 Å². The van der Waals surface area contributed by atoms with Gasteiger partial charge in [0, 0.05) is 25.7 Å². The molecule has 1 atom stereocenters. The van der Waals surface area contributed by atoms with Crippen LogP contribution in [-0.2, 0) is 0 Å². The second kappa shape index (κ2) is 8.72. The molecule has 0 spiro atoms. The van der Waals surface area contributed by atoms with E-state index in [1.165, 1.54) is 6.20 Å². The summed E-state index contributed by atoms with van der Waals surface area (Å²) in [4.78, 5) is 10.5. The second-order valence-corrected chi connectivity index (χ2v) is 5.34. The van der Waals surface area contributed by atoms with Crippen LogP contribution in [-0.4, -0.2) is 40.5 Å². The molecular weight excluding hydrogens is 272 g/mol. The molecule has 0 aromatic carbocycles. The first-order chi connectivity index (χ1) is 9.58. The first-order valence-electron chi connectivity index (χ1n) is 6.75. The number of hydrogen-bond donors (Lipinski definition) is 1. The summed E-state index contributed by atoms with van der Waals surface area (Å²) in [5.74, 6) is 1.19. The Labute approximate surface area is 126 Å². The van der Waals surface area contributed by atoms with Crippen LogP contribution >= 0.6 is 11.6 Å².